The van der Waals surface area contributed by atoms with Gasteiger partial charge in [-0.2, -0.15) is 0 Å². The summed E-state index contributed by atoms with van der Waals surface area (Å²) in [5, 5.41) is 6.48. The van der Waals surface area contributed by atoms with E-state index in [4.69, 9.17) is 0 Å². The van der Waals surface area contributed by atoms with Gasteiger partial charge in [0.05, 0.1) is 11.0 Å². The summed E-state index contributed by atoms with van der Waals surface area (Å²) in [5.74, 6) is 0.220. The Morgan fingerprint density at radius 3 is 2.61 bits per heavy atom. The Balaban J connectivity index is 1.48. The van der Waals surface area contributed by atoms with E-state index in [0.29, 0.717) is 29.1 Å². The highest BCUT2D eigenvalue weighted by atomic mass is 32.2. The Kier molecular flexibility index (Phi) is 6.33. The number of aromatic nitrogens is 2. The fourth-order valence-electron chi connectivity index (χ4n) is 3.21. The second kappa shape index (κ2) is 9.49. The third-order valence-corrected chi connectivity index (χ3v) is 5.64. The maximum absolute atomic E-state index is 12.9. The Morgan fingerprint density at radius 1 is 0.968 bits per heavy atom. The summed E-state index contributed by atoms with van der Waals surface area (Å²) in [6, 6.07) is 22.3. The zero-order chi connectivity index (χ0) is 21.6. The predicted octanol–water partition coefficient (Wildman–Crippen LogP) is 4.86. The summed E-state index contributed by atoms with van der Waals surface area (Å²) in [6.45, 7) is 2.41. The summed E-state index contributed by atoms with van der Waals surface area (Å²) >= 11 is 1.55. The van der Waals surface area contributed by atoms with Crippen molar-refractivity contribution in [2.75, 3.05) is 11.9 Å². The molecule has 0 fully saturated rings. The quantitative estimate of drug-likeness (QED) is 0.366. The lowest BCUT2D eigenvalue weighted by atomic mass is 10.1. The number of benzene rings is 3. The molecule has 3 N–H and O–H groups in total. The van der Waals surface area contributed by atoms with Crippen molar-refractivity contribution >= 4 is 40.3 Å². The van der Waals surface area contributed by atoms with E-state index in [0.717, 1.165) is 21.8 Å². The SMILES string of the molecule is CCNC(=O)c1cccc(NC(=O)c2ccccc2CSc2nc3ccccc3[nH]2)c1. The van der Waals surface area contributed by atoms with Crippen molar-refractivity contribution in [3.8, 4) is 0 Å². The lowest BCUT2D eigenvalue weighted by Gasteiger charge is -2.11. The van der Waals surface area contributed by atoms with Crippen molar-refractivity contribution < 1.29 is 9.59 Å². The molecule has 7 heteroatoms. The van der Waals surface area contributed by atoms with Crippen LogP contribution in [0.4, 0.5) is 5.69 Å². The largest absolute Gasteiger partial charge is 0.352 e. The average Bonchev–Trinajstić information content (AvgIpc) is 3.21. The molecular formula is C24H22N4O2S. The normalized spacial score (nSPS) is 10.7. The van der Waals surface area contributed by atoms with Crippen molar-refractivity contribution in [2.24, 2.45) is 0 Å². The van der Waals surface area contributed by atoms with Crippen LogP contribution in [0.25, 0.3) is 11.0 Å². The van der Waals surface area contributed by atoms with Gasteiger partial charge in [-0.1, -0.05) is 48.2 Å². The Bertz CT molecular complexity index is 1200. The van der Waals surface area contributed by atoms with Crippen molar-refractivity contribution in [3.05, 3.63) is 89.5 Å². The number of anilines is 1. The molecule has 0 saturated carbocycles. The molecule has 0 radical (unpaired) electrons. The minimum absolute atomic E-state index is 0.166. The summed E-state index contributed by atoms with van der Waals surface area (Å²) in [6.07, 6.45) is 0. The predicted molar refractivity (Wildman–Crippen MR) is 124 cm³/mol. The minimum atomic E-state index is -0.214. The summed E-state index contributed by atoms with van der Waals surface area (Å²) < 4.78 is 0. The van der Waals surface area contributed by atoms with Gasteiger partial charge in [0.25, 0.3) is 11.8 Å². The second-order valence-electron chi connectivity index (χ2n) is 6.90. The molecule has 0 aliphatic rings. The summed E-state index contributed by atoms with van der Waals surface area (Å²) in [7, 11) is 0. The molecule has 3 aromatic carbocycles. The van der Waals surface area contributed by atoms with Crippen molar-refractivity contribution in [1.82, 2.24) is 15.3 Å². The number of aromatic amines is 1. The van der Waals surface area contributed by atoms with Crippen LogP contribution in [0.5, 0.6) is 0 Å². The molecule has 0 bridgehead atoms. The number of thioether (sulfide) groups is 1. The number of carbonyl (C=O) groups excluding carboxylic acids is 2. The fourth-order valence-corrected chi connectivity index (χ4v) is 4.10. The van der Waals surface area contributed by atoms with Gasteiger partial charge in [0.1, 0.15) is 0 Å². The third-order valence-electron chi connectivity index (χ3n) is 4.71. The van der Waals surface area contributed by atoms with Gasteiger partial charge < -0.3 is 15.6 Å². The molecule has 0 unspecified atom stereocenters. The number of nitrogens with one attached hydrogen (secondary N) is 3. The van der Waals surface area contributed by atoms with Crippen molar-refractivity contribution in [2.45, 2.75) is 17.8 Å². The van der Waals surface area contributed by atoms with E-state index in [1.54, 1.807) is 42.1 Å². The lowest BCUT2D eigenvalue weighted by molar-refractivity contribution is 0.0954. The average molecular weight is 431 g/mol. The molecule has 0 aliphatic heterocycles. The fraction of sp³-hybridized carbons (Fsp3) is 0.125. The van der Waals surface area contributed by atoms with Crippen LogP contribution >= 0.6 is 11.8 Å². The van der Waals surface area contributed by atoms with Crippen molar-refractivity contribution in [1.29, 1.82) is 0 Å². The molecule has 2 amide bonds. The molecule has 156 valence electrons. The van der Waals surface area contributed by atoms with Crippen LogP contribution in [0.15, 0.2) is 78.0 Å². The molecule has 1 heterocycles. The number of amides is 2. The number of rotatable bonds is 7. The van der Waals surface area contributed by atoms with Gasteiger partial charge in [0.2, 0.25) is 0 Å². The van der Waals surface area contributed by atoms with Crippen LogP contribution in [-0.2, 0) is 5.75 Å². The highest BCUT2D eigenvalue weighted by Crippen LogP contribution is 2.25. The van der Waals surface area contributed by atoms with Gasteiger partial charge in [-0.05, 0) is 48.9 Å². The molecule has 4 rings (SSSR count). The molecular weight excluding hydrogens is 408 g/mol. The number of nitrogens with zero attached hydrogens (tertiary/aromatic N) is 1. The van der Waals surface area contributed by atoms with Crippen LogP contribution in [0.1, 0.15) is 33.2 Å². The minimum Gasteiger partial charge on any atom is -0.352 e. The molecule has 0 aliphatic carbocycles. The topological polar surface area (TPSA) is 86.9 Å². The summed E-state index contributed by atoms with van der Waals surface area (Å²) in [5.41, 5.74) is 4.49. The van der Waals surface area contributed by atoms with Gasteiger partial charge in [0, 0.05) is 29.1 Å². The molecule has 0 atom stereocenters. The first kappa shape index (κ1) is 20.7. The maximum atomic E-state index is 12.9. The smallest absolute Gasteiger partial charge is 0.255 e. The van der Waals surface area contributed by atoms with E-state index in [2.05, 4.69) is 20.6 Å². The number of hydrogen-bond acceptors (Lipinski definition) is 4. The maximum Gasteiger partial charge on any atom is 0.255 e. The van der Waals surface area contributed by atoms with Gasteiger partial charge in [-0.3, -0.25) is 9.59 Å². The van der Waals surface area contributed by atoms with Gasteiger partial charge in [-0.25, -0.2) is 4.98 Å². The first-order chi connectivity index (χ1) is 15.1. The van der Waals surface area contributed by atoms with E-state index in [1.165, 1.54) is 0 Å². The van der Waals surface area contributed by atoms with Crippen LogP contribution in [0, 0.1) is 0 Å². The third kappa shape index (κ3) is 4.95. The van der Waals surface area contributed by atoms with Crippen LogP contribution < -0.4 is 10.6 Å². The highest BCUT2D eigenvalue weighted by molar-refractivity contribution is 7.98. The zero-order valence-electron chi connectivity index (χ0n) is 17.0. The van der Waals surface area contributed by atoms with E-state index in [-0.39, 0.29) is 11.8 Å². The van der Waals surface area contributed by atoms with Crippen LogP contribution in [0.3, 0.4) is 0 Å². The number of hydrogen-bond donors (Lipinski definition) is 3. The zero-order valence-corrected chi connectivity index (χ0v) is 17.8. The summed E-state index contributed by atoms with van der Waals surface area (Å²) in [4.78, 5) is 32.9. The lowest BCUT2D eigenvalue weighted by Crippen LogP contribution is -2.22. The molecule has 6 nitrogen and oxygen atoms in total. The number of H-pyrrole nitrogens is 1. The standard InChI is InChI=1S/C24H22N4O2S/c1-2-25-22(29)16-9-7-10-18(14-16)26-23(30)19-11-4-3-8-17(19)15-31-24-27-20-12-5-6-13-21(20)28-24/h3-14H,2,15H2,1H3,(H,25,29)(H,26,30)(H,27,28). The molecule has 0 spiro atoms. The van der Waals surface area contributed by atoms with Crippen LogP contribution in [-0.4, -0.2) is 28.3 Å². The van der Waals surface area contributed by atoms with Crippen LogP contribution in [0.2, 0.25) is 0 Å². The van der Waals surface area contributed by atoms with E-state index in [9.17, 15) is 9.59 Å². The van der Waals surface area contributed by atoms with E-state index >= 15 is 0 Å². The Morgan fingerprint density at radius 2 is 1.77 bits per heavy atom. The molecule has 31 heavy (non-hydrogen) atoms. The highest BCUT2D eigenvalue weighted by Gasteiger charge is 2.13. The van der Waals surface area contributed by atoms with Gasteiger partial charge in [0.15, 0.2) is 5.16 Å². The Hall–Kier alpha value is -3.58. The number of para-hydroxylation sites is 2. The molecule has 0 saturated heterocycles. The number of imidazole rings is 1. The number of carbonyl (C=O) groups is 2. The molecule has 1 aromatic heterocycles. The van der Waals surface area contributed by atoms with Gasteiger partial charge in [-0.15, -0.1) is 0 Å². The van der Waals surface area contributed by atoms with E-state index < -0.39 is 0 Å². The number of fused-ring (bicyclic) bond motifs is 1. The first-order valence-electron chi connectivity index (χ1n) is 9.99. The van der Waals surface area contributed by atoms with E-state index in [1.807, 2.05) is 49.4 Å². The monoisotopic (exact) mass is 430 g/mol. The van der Waals surface area contributed by atoms with Gasteiger partial charge >= 0.3 is 0 Å². The molecule has 4 aromatic rings. The first-order valence-corrected chi connectivity index (χ1v) is 11.0. The Labute approximate surface area is 184 Å². The second-order valence-corrected chi connectivity index (χ2v) is 7.86. The van der Waals surface area contributed by atoms with Crippen molar-refractivity contribution in [3.63, 3.8) is 0 Å².